The first-order chi connectivity index (χ1) is 13.6. The molecule has 4 rings (SSSR count). The number of rotatable bonds is 4. The van der Waals surface area contributed by atoms with Gasteiger partial charge in [-0.15, -0.1) is 11.3 Å². The Kier molecular flexibility index (Phi) is 4.81. The third kappa shape index (κ3) is 4.04. The highest BCUT2D eigenvalue weighted by Gasteiger charge is 2.16. The summed E-state index contributed by atoms with van der Waals surface area (Å²) in [6, 6.07) is 12.1. The fraction of sp³-hybridized carbons (Fsp3) is 0.105. The molecule has 3 N–H and O–H groups in total. The maximum atomic E-state index is 12.4. The van der Waals surface area contributed by atoms with E-state index in [2.05, 4.69) is 20.9 Å². The molecule has 3 aromatic rings. The molecule has 0 unspecified atom stereocenters. The van der Waals surface area contributed by atoms with Gasteiger partial charge in [0, 0.05) is 22.8 Å². The third-order valence-electron chi connectivity index (χ3n) is 3.90. The molecule has 9 heteroatoms. The van der Waals surface area contributed by atoms with Crippen LogP contribution in [0.15, 0.2) is 47.8 Å². The Hall–Kier alpha value is -3.59. The molecule has 0 bridgehead atoms. The lowest BCUT2D eigenvalue weighted by Crippen LogP contribution is -2.19. The van der Waals surface area contributed by atoms with E-state index in [-0.39, 0.29) is 18.4 Å². The molecule has 8 nitrogen and oxygen atoms in total. The quantitative estimate of drug-likeness (QED) is 0.617. The van der Waals surface area contributed by atoms with Gasteiger partial charge in [0.1, 0.15) is 5.69 Å². The molecular formula is C19H16N4O4S. The van der Waals surface area contributed by atoms with E-state index in [4.69, 9.17) is 9.47 Å². The zero-order valence-electron chi connectivity index (χ0n) is 14.8. The Morgan fingerprint density at radius 3 is 2.54 bits per heavy atom. The van der Waals surface area contributed by atoms with Crippen LogP contribution in [0.1, 0.15) is 16.1 Å². The number of hydrogen-bond acceptors (Lipinski definition) is 6. The molecular weight excluding hydrogens is 380 g/mol. The summed E-state index contributed by atoms with van der Waals surface area (Å²) >= 11 is 1.16. The number of thiazole rings is 1. The summed E-state index contributed by atoms with van der Waals surface area (Å²) in [5.41, 5.74) is 2.53. The van der Waals surface area contributed by atoms with Crippen molar-refractivity contribution in [2.75, 3.05) is 22.7 Å². The summed E-state index contributed by atoms with van der Waals surface area (Å²) in [6.07, 6.45) is 0. The molecule has 0 fully saturated rings. The number of carbonyl (C=O) groups is 2. The van der Waals surface area contributed by atoms with Crippen LogP contribution < -0.4 is 25.4 Å². The zero-order valence-corrected chi connectivity index (χ0v) is 15.6. The normalized spacial score (nSPS) is 11.8. The molecule has 0 aliphatic carbocycles. The first-order valence-electron chi connectivity index (χ1n) is 8.38. The van der Waals surface area contributed by atoms with Crippen molar-refractivity contribution in [2.45, 2.75) is 6.92 Å². The van der Waals surface area contributed by atoms with Gasteiger partial charge in [-0.3, -0.25) is 10.1 Å². The maximum absolute atomic E-state index is 12.4. The second kappa shape index (κ2) is 7.57. The van der Waals surface area contributed by atoms with Gasteiger partial charge in [-0.25, -0.2) is 9.78 Å². The monoisotopic (exact) mass is 396 g/mol. The van der Waals surface area contributed by atoms with Gasteiger partial charge in [0.05, 0.1) is 0 Å². The number of aromatic nitrogens is 1. The van der Waals surface area contributed by atoms with Gasteiger partial charge in [0.25, 0.3) is 5.91 Å². The van der Waals surface area contributed by atoms with Crippen LogP contribution in [0.2, 0.25) is 0 Å². The van der Waals surface area contributed by atoms with Crippen LogP contribution in [0.3, 0.4) is 0 Å². The van der Waals surface area contributed by atoms with Crippen molar-refractivity contribution in [3.63, 3.8) is 0 Å². The fourth-order valence-electron chi connectivity index (χ4n) is 2.50. The van der Waals surface area contributed by atoms with Crippen molar-refractivity contribution in [3.8, 4) is 11.5 Å². The van der Waals surface area contributed by atoms with E-state index < -0.39 is 6.03 Å². The fourth-order valence-corrected chi connectivity index (χ4v) is 3.19. The van der Waals surface area contributed by atoms with Crippen molar-refractivity contribution < 1.29 is 19.1 Å². The molecule has 1 aromatic heterocycles. The van der Waals surface area contributed by atoms with Gasteiger partial charge in [0.2, 0.25) is 6.79 Å². The number of anilines is 3. The van der Waals surface area contributed by atoms with E-state index in [9.17, 15) is 9.59 Å². The van der Waals surface area contributed by atoms with E-state index in [1.807, 2.05) is 19.1 Å². The molecule has 0 saturated carbocycles. The predicted octanol–water partition coefficient (Wildman–Crippen LogP) is 4.08. The minimum absolute atomic E-state index is 0.165. The summed E-state index contributed by atoms with van der Waals surface area (Å²) < 4.78 is 10.5. The molecule has 0 radical (unpaired) electrons. The van der Waals surface area contributed by atoms with Gasteiger partial charge in [-0.05, 0) is 31.2 Å². The lowest BCUT2D eigenvalue weighted by atomic mass is 10.2. The highest BCUT2D eigenvalue weighted by atomic mass is 32.1. The number of amides is 3. The highest BCUT2D eigenvalue weighted by Crippen LogP contribution is 2.34. The lowest BCUT2D eigenvalue weighted by molar-refractivity contribution is 0.102. The third-order valence-corrected chi connectivity index (χ3v) is 4.65. The van der Waals surface area contributed by atoms with Gasteiger partial charge in [-0.2, -0.15) is 0 Å². The zero-order chi connectivity index (χ0) is 19.5. The van der Waals surface area contributed by atoms with Crippen LogP contribution in [0.5, 0.6) is 11.5 Å². The highest BCUT2D eigenvalue weighted by molar-refractivity contribution is 7.14. The van der Waals surface area contributed by atoms with Crippen molar-refractivity contribution in [3.05, 3.63) is 59.1 Å². The van der Waals surface area contributed by atoms with E-state index in [0.29, 0.717) is 28.0 Å². The standard InChI is InChI=1S/C19H16N4O4S/c1-11-2-4-12(5-3-11)21-18(25)23-19-22-14(9-28-19)17(24)20-13-6-7-15-16(8-13)27-10-26-15/h2-9H,10H2,1H3,(H,20,24)(H2,21,22,23,25). The van der Waals surface area contributed by atoms with Crippen LogP contribution in [-0.2, 0) is 0 Å². The smallest absolute Gasteiger partial charge is 0.325 e. The Morgan fingerprint density at radius 2 is 1.71 bits per heavy atom. The number of fused-ring (bicyclic) bond motifs is 1. The van der Waals surface area contributed by atoms with Crippen molar-refractivity contribution in [1.29, 1.82) is 0 Å². The molecule has 1 aliphatic heterocycles. The topological polar surface area (TPSA) is 102 Å². The minimum Gasteiger partial charge on any atom is -0.454 e. The van der Waals surface area contributed by atoms with Gasteiger partial charge < -0.3 is 20.1 Å². The maximum Gasteiger partial charge on any atom is 0.325 e. The summed E-state index contributed by atoms with van der Waals surface area (Å²) in [7, 11) is 0. The largest absolute Gasteiger partial charge is 0.454 e. The number of aryl methyl sites for hydroxylation is 1. The van der Waals surface area contributed by atoms with Crippen molar-refractivity contribution in [2.24, 2.45) is 0 Å². The number of nitrogens with one attached hydrogen (secondary N) is 3. The molecule has 0 spiro atoms. The molecule has 142 valence electrons. The Morgan fingerprint density at radius 1 is 0.964 bits per heavy atom. The first kappa shape index (κ1) is 17.8. The summed E-state index contributed by atoms with van der Waals surface area (Å²) in [6.45, 7) is 2.13. The van der Waals surface area contributed by atoms with Crippen LogP contribution in [-0.4, -0.2) is 23.7 Å². The number of nitrogens with zero attached hydrogens (tertiary/aromatic N) is 1. The van der Waals surface area contributed by atoms with Gasteiger partial charge in [-0.1, -0.05) is 17.7 Å². The first-order valence-corrected chi connectivity index (χ1v) is 9.26. The molecule has 3 amide bonds. The number of benzene rings is 2. The lowest BCUT2D eigenvalue weighted by Gasteiger charge is -2.06. The van der Waals surface area contributed by atoms with Crippen molar-refractivity contribution >= 4 is 39.8 Å². The SMILES string of the molecule is Cc1ccc(NC(=O)Nc2nc(C(=O)Nc3ccc4c(c3)OCO4)cs2)cc1. The summed E-state index contributed by atoms with van der Waals surface area (Å²) in [4.78, 5) is 28.6. The van der Waals surface area contributed by atoms with Crippen molar-refractivity contribution in [1.82, 2.24) is 4.98 Å². The van der Waals surface area contributed by atoms with E-state index in [0.717, 1.165) is 16.9 Å². The summed E-state index contributed by atoms with van der Waals surface area (Å²) in [5, 5.41) is 9.96. The van der Waals surface area contributed by atoms with Gasteiger partial charge in [0.15, 0.2) is 16.6 Å². The number of hydrogen-bond donors (Lipinski definition) is 3. The molecule has 0 atom stereocenters. The van der Waals surface area contributed by atoms with Crippen LogP contribution >= 0.6 is 11.3 Å². The van der Waals surface area contributed by atoms with Crippen LogP contribution in [0.25, 0.3) is 0 Å². The average molecular weight is 396 g/mol. The summed E-state index contributed by atoms with van der Waals surface area (Å²) in [5.74, 6) is 0.825. The van der Waals surface area contributed by atoms with E-state index in [1.54, 1.807) is 35.7 Å². The minimum atomic E-state index is -0.430. The number of urea groups is 1. The Bertz CT molecular complexity index is 1030. The van der Waals surface area contributed by atoms with E-state index >= 15 is 0 Å². The van der Waals surface area contributed by atoms with Crippen LogP contribution in [0, 0.1) is 6.92 Å². The second-order valence-electron chi connectivity index (χ2n) is 6.01. The average Bonchev–Trinajstić information content (AvgIpc) is 3.32. The van der Waals surface area contributed by atoms with Gasteiger partial charge >= 0.3 is 6.03 Å². The number of ether oxygens (including phenoxy) is 2. The molecule has 28 heavy (non-hydrogen) atoms. The molecule has 2 aromatic carbocycles. The Labute approximate surface area is 164 Å². The molecule has 0 saturated heterocycles. The second-order valence-corrected chi connectivity index (χ2v) is 6.86. The number of carbonyl (C=O) groups excluding carboxylic acids is 2. The predicted molar refractivity (Wildman–Crippen MR) is 106 cm³/mol. The molecule has 1 aliphatic rings. The van der Waals surface area contributed by atoms with E-state index in [1.165, 1.54) is 0 Å². The molecule has 2 heterocycles. The van der Waals surface area contributed by atoms with Crippen LogP contribution in [0.4, 0.5) is 21.3 Å². The Balaban J connectivity index is 1.36.